The van der Waals surface area contributed by atoms with Gasteiger partial charge >= 0.3 is 0 Å². The smallest absolute Gasteiger partial charge is 0.262 e. The number of thiophene rings is 2. The van der Waals surface area contributed by atoms with Gasteiger partial charge in [-0.3, -0.25) is 4.79 Å². The van der Waals surface area contributed by atoms with Gasteiger partial charge in [-0.05, 0) is 29.3 Å². The Hall–Kier alpha value is -1.61. The molecule has 2 N–H and O–H groups in total. The Balaban J connectivity index is 1.89. The van der Waals surface area contributed by atoms with Crippen molar-refractivity contribution in [3.8, 4) is 11.8 Å². The molecule has 5 heteroatoms. The molecular weight excluding hydrogens is 290 g/mol. The predicted octanol–water partition coefficient (Wildman–Crippen LogP) is 2.52. The molecule has 2 aromatic rings. The molecule has 0 aliphatic carbocycles. The molecule has 3 nitrogen and oxygen atoms in total. The number of aliphatic hydroxyl groups is 1. The molecule has 0 aromatic carbocycles. The second-order valence-electron chi connectivity index (χ2n) is 4.02. The van der Waals surface area contributed by atoms with Crippen LogP contribution >= 0.6 is 22.7 Å². The first-order chi connectivity index (χ1) is 9.81. The van der Waals surface area contributed by atoms with Crippen LogP contribution in [-0.2, 0) is 6.42 Å². The lowest BCUT2D eigenvalue weighted by molar-refractivity contribution is 0.0958. The average Bonchev–Trinajstić information content (AvgIpc) is 3.10. The van der Waals surface area contributed by atoms with Crippen LogP contribution in [0.2, 0.25) is 0 Å². The maximum Gasteiger partial charge on any atom is 0.262 e. The van der Waals surface area contributed by atoms with E-state index in [9.17, 15) is 4.79 Å². The molecule has 2 rings (SSSR count). The summed E-state index contributed by atoms with van der Waals surface area (Å²) in [5.74, 6) is 5.68. The standard InChI is InChI=1S/C15H15NO2S2/c17-9-2-1-4-12-7-11-20-14(12)15(18)16-8-6-13-5-3-10-19-13/h3,5,7,10-11,17H,2,6,8-9H2,(H,16,18). The third-order valence-corrected chi connectivity index (χ3v) is 4.42. The highest BCUT2D eigenvalue weighted by molar-refractivity contribution is 7.12. The van der Waals surface area contributed by atoms with Gasteiger partial charge < -0.3 is 10.4 Å². The molecule has 0 bridgehead atoms. The fourth-order valence-electron chi connectivity index (χ4n) is 1.63. The lowest BCUT2D eigenvalue weighted by Crippen LogP contribution is -2.25. The minimum absolute atomic E-state index is 0.0412. The molecule has 0 spiro atoms. The van der Waals surface area contributed by atoms with E-state index >= 15 is 0 Å². The molecule has 0 saturated carbocycles. The number of hydrogen-bond acceptors (Lipinski definition) is 4. The molecule has 0 fully saturated rings. The summed E-state index contributed by atoms with van der Waals surface area (Å²) in [6.07, 6.45) is 1.27. The minimum Gasteiger partial charge on any atom is -0.395 e. The van der Waals surface area contributed by atoms with Gasteiger partial charge in [0.15, 0.2) is 0 Å². The van der Waals surface area contributed by atoms with Crippen LogP contribution in [0.5, 0.6) is 0 Å². The van der Waals surface area contributed by atoms with Gasteiger partial charge in [0.1, 0.15) is 4.88 Å². The van der Waals surface area contributed by atoms with Crippen LogP contribution in [-0.4, -0.2) is 24.2 Å². The number of hydrogen-bond donors (Lipinski definition) is 2. The van der Waals surface area contributed by atoms with Crippen molar-refractivity contribution in [1.29, 1.82) is 0 Å². The first-order valence-corrected chi connectivity index (χ1v) is 8.05. The molecule has 0 aliphatic rings. The highest BCUT2D eigenvalue weighted by atomic mass is 32.1. The molecule has 2 aromatic heterocycles. The van der Waals surface area contributed by atoms with Crippen LogP contribution in [0.25, 0.3) is 0 Å². The molecule has 2 heterocycles. The van der Waals surface area contributed by atoms with E-state index in [0.29, 0.717) is 17.8 Å². The Kier molecular flexibility index (Phi) is 5.81. The monoisotopic (exact) mass is 305 g/mol. The average molecular weight is 305 g/mol. The second-order valence-corrected chi connectivity index (χ2v) is 5.97. The number of carbonyl (C=O) groups is 1. The van der Waals surface area contributed by atoms with Crippen LogP contribution < -0.4 is 5.32 Å². The second kappa shape index (κ2) is 7.85. The van der Waals surface area contributed by atoms with Gasteiger partial charge in [-0.15, -0.1) is 22.7 Å². The maximum atomic E-state index is 12.1. The summed E-state index contributed by atoms with van der Waals surface area (Å²) < 4.78 is 0. The number of aliphatic hydroxyl groups excluding tert-OH is 1. The summed E-state index contributed by atoms with van der Waals surface area (Å²) in [6, 6.07) is 5.91. The lowest BCUT2D eigenvalue weighted by atomic mass is 10.2. The van der Waals surface area contributed by atoms with E-state index in [1.165, 1.54) is 16.2 Å². The van der Waals surface area contributed by atoms with Crippen molar-refractivity contribution in [1.82, 2.24) is 5.32 Å². The minimum atomic E-state index is -0.0788. The summed E-state index contributed by atoms with van der Waals surface area (Å²) in [6.45, 7) is 0.667. The van der Waals surface area contributed by atoms with E-state index in [-0.39, 0.29) is 12.5 Å². The number of amides is 1. The van der Waals surface area contributed by atoms with Crippen LogP contribution in [0.4, 0.5) is 0 Å². The van der Waals surface area contributed by atoms with Crippen LogP contribution in [0, 0.1) is 11.8 Å². The number of carbonyl (C=O) groups excluding carboxylic acids is 1. The molecule has 104 valence electrons. The highest BCUT2D eigenvalue weighted by Crippen LogP contribution is 2.16. The lowest BCUT2D eigenvalue weighted by Gasteiger charge is -2.02. The topological polar surface area (TPSA) is 49.3 Å². The van der Waals surface area contributed by atoms with Crippen molar-refractivity contribution in [2.24, 2.45) is 0 Å². The van der Waals surface area contributed by atoms with Crippen molar-refractivity contribution < 1.29 is 9.90 Å². The maximum absolute atomic E-state index is 12.1. The molecular formula is C15H15NO2S2. The summed E-state index contributed by atoms with van der Waals surface area (Å²) in [5, 5.41) is 15.5. The molecule has 0 atom stereocenters. The first kappa shape index (κ1) is 14.8. The first-order valence-electron chi connectivity index (χ1n) is 6.29. The molecule has 0 unspecified atom stereocenters. The zero-order valence-electron chi connectivity index (χ0n) is 10.9. The third kappa shape index (κ3) is 4.20. The van der Waals surface area contributed by atoms with Gasteiger partial charge in [0.25, 0.3) is 5.91 Å². The molecule has 20 heavy (non-hydrogen) atoms. The van der Waals surface area contributed by atoms with Crippen LogP contribution in [0.1, 0.15) is 26.5 Å². The van der Waals surface area contributed by atoms with Crippen molar-refractivity contribution in [2.45, 2.75) is 12.8 Å². The Morgan fingerprint density at radius 2 is 2.20 bits per heavy atom. The van der Waals surface area contributed by atoms with Crippen LogP contribution in [0.3, 0.4) is 0 Å². The van der Waals surface area contributed by atoms with Gasteiger partial charge in [-0.1, -0.05) is 17.9 Å². The van der Waals surface area contributed by atoms with E-state index in [2.05, 4.69) is 23.2 Å². The van der Waals surface area contributed by atoms with E-state index in [0.717, 1.165) is 12.0 Å². The summed E-state index contributed by atoms with van der Waals surface area (Å²) in [7, 11) is 0. The zero-order valence-corrected chi connectivity index (χ0v) is 12.5. The van der Waals surface area contributed by atoms with Crippen LogP contribution in [0.15, 0.2) is 29.0 Å². The molecule has 1 amide bonds. The van der Waals surface area contributed by atoms with Gasteiger partial charge in [-0.25, -0.2) is 0 Å². The largest absolute Gasteiger partial charge is 0.395 e. The van der Waals surface area contributed by atoms with Crippen molar-refractivity contribution in [3.63, 3.8) is 0 Å². The fourth-order valence-corrected chi connectivity index (χ4v) is 3.11. The van der Waals surface area contributed by atoms with Gasteiger partial charge in [0, 0.05) is 23.4 Å². The van der Waals surface area contributed by atoms with E-state index in [1.807, 2.05) is 22.9 Å². The predicted molar refractivity (Wildman–Crippen MR) is 83.3 cm³/mol. The van der Waals surface area contributed by atoms with Crippen molar-refractivity contribution in [3.05, 3.63) is 44.3 Å². The Morgan fingerprint density at radius 1 is 1.30 bits per heavy atom. The highest BCUT2D eigenvalue weighted by Gasteiger charge is 2.11. The number of nitrogens with one attached hydrogen (secondary N) is 1. The van der Waals surface area contributed by atoms with Gasteiger partial charge in [-0.2, -0.15) is 0 Å². The van der Waals surface area contributed by atoms with Crippen molar-refractivity contribution >= 4 is 28.6 Å². The van der Waals surface area contributed by atoms with Crippen molar-refractivity contribution in [2.75, 3.05) is 13.2 Å². The zero-order chi connectivity index (χ0) is 14.2. The summed E-state index contributed by atoms with van der Waals surface area (Å²) >= 11 is 3.08. The van der Waals surface area contributed by atoms with E-state index in [1.54, 1.807) is 11.3 Å². The van der Waals surface area contributed by atoms with E-state index < -0.39 is 0 Å². The summed E-state index contributed by atoms with van der Waals surface area (Å²) in [5.41, 5.74) is 0.733. The Labute approximate surface area is 126 Å². The number of rotatable bonds is 5. The normalized spacial score (nSPS) is 9.85. The SMILES string of the molecule is O=C(NCCc1cccs1)c1sccc1C#CCCO. The Bertz CT molecular complexity index is 605. The molecule has 0 aliphatic heterocycles. The summed E-state index contributed by atoms with van der Waals surface area (Å²) in [4.78, 5) is 14.0. The molecule has 0 radical (unpaired) electrons. The Morgan fingerprint density at radius 3 is 2.95 bits per heavy atom. The van der Waals surface area contributed by atoms with E-state index in [4.69, 9.17) is 5.11 Å². The quantitative estimate of drug-likeness (QED) is 0.834. The fraction of sp³-hybridized carbons (Fsp3) is 0.267. The molecule has 0 saturated heterocycles. The third-order valence-electron chi connectivity index (χ3n) is 2.57. The van der Waals surface area contributed by atoms with Gasteiger partial charge in [0.05, 0.1) is 6.61 Å². The van der Waals surface area contributed by atoms with Gasteiger partial charge in [0.2, 0.25) is 0 Å².